The minimum Gasteiger partial charge on any atom is -0.323 e. The summed E-state index contributed by atoms with van der Waals surface area (Å²) in [5.41, 5.74) is 0.296. The van der Waals surface area contributed by atoms with Crippen LogP contribution in [0.1, 0.15) is 26.3 Å². The molecule has 8 heteroatoms. The number of rotatable bonds is 6. The molecule has 2 aromatic carbocycles. The topological polar surface area (TPSA) is 64.0 Å². The average Bonchev–Trinajstić information content (AvgIpc) is 2.68. The van der Waals surface area contributed by atoms with Gasteiger partial charge in [0.2, 0.25) is 5.91 Å². The van der Waals surface area contributed by atoms with Gasteiger partial charge in [-0.1, -0.05) is 30.8 Å². The molecule has 0 aliphatic rings. The number of nitrogens with zero attached hydrogens (tertiary/aromatic N) is 2. The molecule has 0 saturated heterocycles. The van der Waals surface area contributed by atoms with Crippen LogP contribution in [0, 0.1) is 11.6 Å². The second kappa shape index (κ2) is 8.52. The summed E-state index contributed by atoms with van der Waals surface area (Å²) < 4.78 is 28.3. The van der Waals surface area contributed by atoms with E-state index in [-0.39, 0.29) is 23.0 Å². The first-order valence-electron chi connectivity index (χ1n) is 8.79. The molecule has 0 spiro atoms. The van der Waals surface area contributed by atoms with Crippen molar-refractivity contribution < 1.29 is 13.6 Å². The van der Waals surface area contributed by atoms with Crippen LogP contribution in [0.3, 0.4) is 0 Å². The lowest BCUT2D eigenvalue weighted by Crippen LogP contribution is -2.26. The van der Waals surface area contributed by atoms with Crippen LogP contribution >= 0.6 is 11.8 Å². The Labute approximate surface area is 164 Å². The maximum absolute atomic E-state index is 13.7. The molecule has 0 bridgehead atoms. The molecule has 28 heavy (non-hydrogen) atoms. The van der Waals surface area contributed by atoms with Gasteiger partial charge in [-0.05, 0) is 37.6 Å². The van der Waals surface area contributed by atoms with Crippen molar-refractivity contribution in [3.8, 4) is 0 Å². The molecule has 0 saturated carbocycles. The van der Waals surface area contributed by atoms with Crippen LogP contribution < -0.4 is 10.9 Å². The van der Waals surface area contributed by atoms with Crippen LogP contribution in [0.4, 0.5) is 14.5 Å². The summed E-state index contributed by atoms with van der Waals surface area (Å²) in [6, 6.07) is 9.88. The van der Waals surface area contributed by atoms with Crippen molar-refractivity contribution in [3.05, 3.63) is 64.5 Å². The minimum atomic E-state index is -0.848. The number of para-hydroxylation sites is 1. The van der Waals surface area contributed by atoms with E-state index in [0.717, 1.165) is 30.3 Å². The summed E-state index contributed by atoms with van der Waals surface area (Å²) in [6.45, 7) is 3.88. The molecule has 1 atom stereocenters. The van der Waals surface area contributed by atoms with Crippen LogP contribution in [0.2, 0.25) is 0 Å². The first kappa shape index (κ1) is 20.0. The van der Waals surface area contributed by atoms with E-state index in [0.29, 0.717) is 22.1 Å². The fourth-order valence-corrected chi connectivity index (χ4v) is 3.60. The van der Waals surface area contributed by atoms with E-state index in [2.05, 4.69) is 10.3 Å². The first-order valence-corrected chi connectivity index (χ1v) is 9.78. The smallest absolute Gasteiger partial charge is 0.262 e. The Bertz CT molecular complexity index is 1080. The predicted molar refractivity (Wildman–Crippen MR) is 107 cm³/mol. The van der Waals surface area contributed by atoms with Crippen molar-refractivity contribution in [2.24, 2.45) is 0 Å². The Morgan fingerprint density at radius 2 is 2.00 bits per heavy atom. The average molecular weight is 403 g/mol. The quantitative estimate of drug-likeness (QED) is 0.490. The highest BCUT2D eigenvalue weighted by molar-refractivity contribution is 7.99. The lowest BCUT2D eigenvalue weighted by atomic mass is 10.2. The van der Waals surface area contributed by atoms with E-state index in [4.69, 9.17) is 0 Å². The van der Waals surface area contributed by atoms with Crippen LogP contribution in [0.25, 0.3) is 10.9 Å². The number of nitrogens with one attached hydrogen (secondary N) is 1. The second-order valence-electron chi connectivity index (χ2n) is 6.30. The third-order valence-electron chi connectivity index (χ3n) is 4.34. The Kier molecular flexibility index (Phi) is 6.08. The number of amides is 1. The van der Waals surface area contributed by atoms with E-state index in [1.165, 1.54) is 0 Å². The molecule has 1 N–H and O–H groups in total. The highest BCUT2D eigenvalue weighted by atomic mass is 32.2. The summed E-state index contributed by atoms with van der Waals surface area (Å²) in [5, 5.41) is 3.35. The van der Waals surface area contributed by atoms with Gasteiger partial charge in [-0.2, -0.15) is 0 Å². The summed E-state index contributed by atoms with van der Waals surface area (Å²) in [7, 11) is 0. The zero-order chi connectivity index (χ0) is 20.3. The number of benzene rings is 2. The van der Waals surface area contributed by atoms with Gasteiger partial charge in [-0.3, -0.25) is 14.2 Å². The Balaban J connectivity index is 1.85. The molecule has 3 rings (SSSR count). The summed E-state index contributed by atoms with van der Waals surface area (Å²) >= 11 is 1.10. The molecule has 146 valence electrons. The molecule has 0 radical (unpaired) electrons. The van der Waals surface area contributed by atoms with Crippen molar-refractivity contribution in [2.75, 3.05) is 11.1 Å². The Hall–Kier alpha value is -2.74. The van der Waals surface area contributed by atoms with Gasteiger partial charge in [0.05, 0.1) is 22.3 Å². The number of fused-ring (bicyclic) bond motifs is 1. The van der Waals surface area contributed by atoms with E-state index < -0.39 is 17.5 Å². The van der Waals surface area contributed by atoms with Crippen LogP contribution in [-0.2, 0) is 4.79 Å². The lowest BCUT2D eigenvalue weighted by Gasteiger charge is -2.18. The van der Waals surface area contributed by atoms with Gasteiger partial charge < -0.3 is 5.32 Å². The molecule has 0 fully saturated rings. The highest BCUT2D eigenvalue weighted by Gasteiger charge is 2.17. The largest absolute Gasteiger partial charge is 0.323 e. The minimum absolute atomic E-state index is 0.0714. The van der Waals surface area contributed by atoms with Gasteiger partial charge in [-0.25, -0.2) is 13.8 Å². The van der Waals surface area contributed by atoms with Gasteiger partial charge in [-0.15, -0.1) is 0 Å². The van der Waals surface area contributed by atoms with Crippen molar-refractivity contribution in [2.45, 2.75) is 31.5 Å². The van der Waals surface area contributed by atoms with Crippen LogP contribution in [0.5, 0.6) is 0 Å². The SMILES string of the molecule is CC[C@H](C)n1c(SCC(=O)Nc2ccc(F)cc2F)nc2ccccc2c1=O. The van der Waals surface area contributed by atoms with E-state index in [1.54, 1.807) is 28.8 Å². The molecular weight excluding hydrogens is 384 g/mol. The maximum Gasteiger partial charge on any atom is 0.262 e. The number of anilines is 1. The lowest BCUT2D eigenvalue weighted by molar-refractivity contribution is -0.113. The van der Waals surface area contributed by atoms with E-state index in [9.17, 15) is 18.4 Å². The normalized spacial score (nSPS) is 12.1. The summed E-state index contributed by atoms with van der Waals surface area (Å²) in [4.78, 5) is 29.6. The number of carbonyl (C=O) groups excluding carboxylic acids is 1. The molecule has 0 aliphatic carbocycles. The molecule has 1 amide bonds. The third-order valence-corrected chi connectivity index (χ3v) is 5.30. The molecule has 3 aromatic rings. The fraction of sp³-hybridized carbons (Fsp3) is 0.250. The van der Waals surface area contributed by atoms with Crippen molar-refractivity contribution in [1.82, 2.24) is 9.55 Å². The van der Waals surface area contributed by atoms with E-state index in [1.807, 2.05) is 13.8 Å². The standard InChI is InChI=1S/C20H19F2N3O2S/c1-3-12(2)25-19(27)14-6-4-5-7-16(14)24-20(25)28-11-18(26)23-17-9-8-13(21)10-15(17)22/h4-10,12H,3,11H2,1-2H3,(H,23,26)/t12-/m0/s1. The molecule has 5 nitrogen and oxygen atoms in total. The monoisotopic (exact) mass is 403 g/mol. The van der Waals surface area contributed by atoms with Gasteiger partial charge in [0.15, 0.2) is 5.16 Å². The van der Waals surface area contributed by atoms with Crippen molar-refractivity contribution in [1.29, 1.82) is 0 Å². The first-order chi connectivity index (χ1) is 13.4. The zero-order valence-electron chi connectivity index (χ0n) is 15.4. The summed E-state index contributed by atoms with van der Waals surface area (Å²) in [6.07, 6.45) is 0.723. The van der Waals surface area contributed by atoms with Gasteiger partial charge >= 0.3 is 0 Å². The van der Waals surface area contributed by atoms with Gasteiger partial charge in [0.25, 0.3) is 5.56 Å². The predicted octanol–water partition coefficient (Wildman–Crippen LogP) is 4.38. The van der Waals surface area contributed by atoms with Crippen LogP contribution in [0.15, 0.2) is 52.4 Å². The number of thioether (sulfide) groups is 1. The van der Waals surface area contributed by atoms with Crippen LogP contribution in [-0.4, -0.2) is 21.2 Å². The highest BCUT2D eigenvalue weighted by Crippen LogP contribution is 2.23. The fourth-order valence-electron chi connectivity index (χ4n) is 2.71. The zero-order valence-corrected chi connectivity index (χ0v) is 16.2. The molecule has 1 aromatic heterocycles. The van der Waals surface area contributed by atoms with E-state index >= 15 is 0 Å². The number of aromatic nitrogens is 2. The molecule has 0 aliphatic heterocycles. The Morgan fingerprint density at radius 3 is 2.71 bits per heavy atom. The Morgan fingerprint density at radius 1 is 1.25 bits per heavy atom. The molecule has 1 heterocycles. The van der Waals surface area contributed by atoms with Gasteiger partial charge in [0.1, 0.15) is 11.6 Å². The number of halogens is 2. The second-order valence-corrected chi connectivity index (χ2v) is 7.25. The molecule has 0 unspecified atom stereocenters. The maximum atomic E-state index is 13.7. The van der Waals surface area contributed by atoms with Gasteiger partial charge in [0, 0.05) is 12.1 Å². The third kappa shape index (κ3) is 4.22. The molecular formula is C20H19F2N3O2S. The van der Waals surface area contributed by atoms with Crippen molar-refractivity contribution >= 4 is 34.3 Å². The number of carbonyl (C=O) groups is 1. The summed E-state index contributed by atoms with van der Waals surface area (Å²) in [5.74, 6) is -2.12. The van der Waals surface area contributed by atoms with Crippen molar-refractivity contribution in [3.63, 3.8) is 0 Å². The number of hydrogen-bond donors (Lipinski definition) is 1. The number of hydrogen-bond acceptors (Lipinski definition) is 4.